The van der Waals surface area contributed by atoms with E-state index in [2.05, 4.69) is 32.6 Å². The lowest BCUT2D eigenvalue weighted by molar-refractivity contribution is 0.767. The molecule has 3 aromatic rings. The maximum absolute atomic E-state index is 4.57. The number of nitrogens with zero attached hydrogens (tertiary/aromatic N) is 5. The Balaban J connectivity index is 1.74. The molecule has 3 heterocycles. The minimum atomic E-state index is 0.788. The average molecular weight is 285 g/mol. The van der Waals surface area contributed by atoms with Gasteiger partial charge in [-0.15, -0.1) is 0 Å². The predicted octanol–water partition coefficient (Wildman–Crippen LogP) is 1.55. The summed E-state index contributed by atoms with van der Waals surface area (Å²) in [6.45, 7) is 3.68. The fourth-order valence-electron chi connectivity index (χ4n) is 2.24. The average Bonchev–Trinajstić information content (AvgIpc) is 3.08. The number of hydrogen-bond donors (Lipinski definition) is 2. The van der Waals surface area contributed by atoms with E-state index >= 15 is 0 Å². The van der Waals surface area contributed by atoms with E-state index in [-0.39, 0.29) is 0 Å². The Morgan fingerprint density at radius 3 is 2.90 bits per heavy atom. The second kappa shape index (κ2) is 5.82. The molecule has 0 fully saturated rings. The number of anilines is 2. The van der Waals surface area contributed by atoms with E-state index < -0.39 is 0 Å². The van der Waals surface area contributed by atoms with E-state index in [0.29, 0.717) is 0 Å². The van der Waals surface area contributed by atoms with Crippen LogP contribution in [-0.4, -0.2) is 37.2 Å². The maximum Gasteiger partial charge on any atom is 0.180 e. The third kappa shape index (κ3) is 2.96. The van der Waals surface area contributed by atoms with Crippen LogP contribution in [0, 0.1) is 0 Å². The third-order valence-electron chi connectivity index (χ3n) is 3.20. The Morgan fingerprint density at radius 1 is 1.24 bits per heavy atom. The van der Waals surface area contributed by atoms with Crippen LogP contribution in [0.15, 0.2) is 31.0 Å². The van der Waals surface area contributed by atoms with Gasteiger partial charge in [-0.1, -0.05) is 0 Å². The molecule has 3 rings (SSSR count). The summed E-state index contributed by atoms with van der Waals surface area (Å²) in [5.41, 5.74) is 2.04. The molecule has 0 spiro atoms. The van der Waals surface area contributed by atoms with Crippen molar-refractivity contribution in [3.63, 3.8) is 0 Å². The fraction of sp³-hybridized carbons (Fsp3) is 0.357. The van der Waals surface area contributed by atoms with Gasteiger partial charge in [-0.3, -0.25) is 4.68 Å². The number of fused-ring (bicyclic) bond motifs is 1. The van der Waals surface area contributed by atoms with Gasteiger partial charge < -0.3 is 15.0 Å². The van der Waals surface area contributed by atoms with Crippen LogP contribution in [0.4, 0.5) is 11.6 Å². The summed E-state index contributed by atoms with van der Waals surface area (Å²) in [4.78, 5) is 8.92. The van der Waals surface area contributed by atoms with Gasteiger partial charge >= 0.3 is 0 Å². The van der Waals surface area contributed by atoms with Gasteiger partial charge in [-0.05, 0) is 18.9 Å². The van der Waals surface area contributed by atoms with Gasteiger partial charge in [0.15, 0.2) is 11.5 Å². The van der Waals surface area contributed by atoms with Gasteiger partial charge in [0.05, 0.1) is 12.4 Å². The molecule has 0 aliphatic heterocycles. The molecule has 0 radical (unpaired) electrons. The Bertz CT molecular complexity index is 728. The van der Waals surface area contributed by atoms with Crippen LogP contribution < -0.4 is 10.6 Å². The first-order valence-corrected chi connectivity index (χ1v) is 7.05. The zero-order valence-electron chi connectivity index (χ0n) is 12.2. The van der Waals surface area contributed by atoms with E-state index in [0.717, 1.165) is 36.8 Å². The number of aromatic nitrogens is 5. The number of aryl methyl sites for hydroxylation is 1. The zero-order chi connectivity index (χ0) is 14.7. The highest BCUT2D eigenvalue weighted by molar-refractivity contribution is 5.65. The molecule has 2 N–H and O–H groups in total. The summed E-state index contributed by atoms with van der Waals surface area (Å²) in [7, 11) is 1.92. The molecule has 0 aliphatic rings. The van der Waals surface area contributed by atoms with Gasteiger partial charge in [0.1, 0.15) is 5.82 Å². The van der Waals surface area contributed by atoms with Crippen molar-refractivity contribution in [2.75, 3.05) is 23.7 Å². The number of imidazole rings is 1. The molecule has 7 heteroatoms. The molecule has 7 nitrogen and oxygen atoms in total. The predicted molar refractivity (Wildman–Crippen MR) is 82.6 cm³/mol. The molecule has 0 atom stereocenters. The first-order chi connectivity index (χ1) is 10.3. The van der Waals surface area contributed by atoms with Gasteiger partial charge in [-0.2, -0.15) is 5.10 Å². The highest BCUT2D eigenvalue weighted by Crippen LogP contribution is 2.16. The van der Waals surface area contributed by atoms with E-state index in [1.807, 2.05) is 40.9 Å². The summed E-state index contributed by atoms with van der Waals surface area (Å²) < 4.78 is 3.78. The minimum absolute atomic E-state index is 0.788. The first-order valence-electron chi connectivity index (χ1n) is 7.05. The Kier molecular flexibility index (Phi) is 3.72. The van der Waals surface area contributed by atoms with Crippen molar-refractivity contribution < 1.29 is 0 Å². The molecule has 3 aromatic heterocycles. The van der Waals surface area contributed by atoms with Crippen molar-refractivity contribution in [3.8, 4) is 0 Å². The van der Waals surface area contributed by atoms with Crippen LogP contribution in [0.5, 0.6) is 0 Å². The van der Waals surface area contributed by atoms with Crippen molar-refractivity contribution in [2.45, 2.75) is 13.3 Å². The molecule has 0 aromatic carbocycles. The van der Waals surface area contributed by atoms with Gasteiger partial charge in [0.25, 0.3) is 0 Å². The smallest absolute Gasteiger partial charge is 0.180 e. The van der Waals surface area contributed by atoms with Crippen molar-refractivity contribution in [1.82, 2.24) is 24.1 Å². The lowest BCUT2D eigenvalue weighted by Crippen LogP contribution is -2.10. The Hall–Kier alpha value is -2.57. The Morgan fingerprint density at radius 2 is 2.14 bits per heavy atom. The second-order valence-corrected chi connectivity index (χ2v) is 4.86. The normalized spacial score (nSPS) is 11.0. The highest BCUT2D eigenvalue weighted by Gasteiger charge is 2.07. The summed E-state index contributed by atoms with van der Waals surface area (Å²) in [6, 6.07) is 0. The quantitative estimate of drug-likeness (QED) is 0.719. The lowest BCUT2D eigenvalue weighted by atomic mass is 10.2. The van der Waals surface area contributed by atoms with Crippen LogP contribution in [0.2, 0.25) is 0 Å². The molecule has 0 saturated heterocycles. The standard InChI is InChI=1S/C14H19N7/c1-3-15-12-10-21-7-6-17-14(21)13(19-12)16-5-4-11-8-18-20(2)9-11/h6-10,15H,3-5H2,1-2H3,(H,16,19). The molecule has 0 aliphatic carbocycles. The van der Waals surface area contributed by atoms with Crippen molar-refractivity contribution >= 4 is 17.3 Å². The van der Waals surface area contributed by atoms with E-state index in [1.165, 1.54) is 5.56 Å². The summed E-state index contributed by atoms with van der Waals surface area (Å²) in [6.07, 6.45) is 10.4. The molecule has 0 bridgehead atoms. The summed E-state index contributed by atoms with van der Waals surface area (Å²) in [5.74, 6) is 1.63. The number of nitrogens with one attached hydrogen (secondary N) is 2. The summed E-state index contributed by atoms with van der Waals surface area (Å²) in [5, 5.41) is 10.8. The van der Waals surface area contributed by atoms with Crippen molar-refractivity contribution in [2.24, 2.45) is 7.05 Å². The summed E-state index contributed by atoms with van der Waals surface area (Å²) >= 11 is 0. The third-order valence-corrected chi connectivity index (χ3v) is 3.20. The molecule has 0 unspecified atom stereocenters. The van der Waals surface area contributed by atoms with E-state index in [4.69, 9.17) is 0 Å². The maximum atomic E-state index is 4.57. The molecule has 21 heavy (non-hydrogen) atoms. The van der Waals surface area contributed by atoms with Gasteiger partial charge in [-0.25, -0.2) is 9.97 Å². The van der Waals surface area contributed by atoms with Crippen molar-refractivity contribution in [3.05, 3.63) is 36.5 Å². The molecule has 110 valence electrons. The largest absolute Gasteiger partial charge is 0.369 e. The van der Waals surface area contributed by atoms with Crippen LogP contribution in [0.1, 0.15) is 12.5 Å². The topological polar surface area (TPSA) is 72.1 Å². The number of hydrogen-bond acceptors (Lipinski definition) is 5. The Labute approximate surface area is 123 Å². The zero-order valence-corrected chi connectivity index (χ0v) is 12.2. The molecular weight excluding hydrogens is 266 g/mol. The van der Waals surface area contributed by atoms with Crippen molar-refractivity contribution in [1.29, 1.82) is 0 Å². The van der Waals surface area contributed by atoms with E-state index in [1.54, 1.807) is 6.20 Å². The highest BCUT2D eigenvalue weighted by atomic mass is 15.2. The fourth-order valence-corrected chi connectivity index (χ4v) is 2.24. The van der Waals surface area contributed by atoms with E-state index in [9.17, 15) is 0 Å². The van der Waals surface area contributed by atoms with Crippen LogP contribution in [0.3, 0.4) is 0 Å². The minimum Gasteiger partial charge on any atom is -0.369 e. The molecular formula is C14H19N7. The molecule has 0 amide bonds. The number of rotatable bonds is 6. The van der Waals surface area contributed by atoms with Crippen LogP contribution in [-0.2, 0) is 13.5 Å². The SMILES string of the molecule is CCNc1cn2ccnc2c(NCCc2cnn(C)c2)n1. The van der Waals surface area contributed by atoms with Crippen LogP contribution >= 0.6 is 0 Å². The van der Waals surface area contributed by atoms with Crippen LogP contribution in [0.25, 0.3) is 5.65 Å². The lowest BCUT2D eigenvalue weighted by Gasteiger charge is -2.09. The molecule has 0 saturated carbocycles. The van der Waals surface area contributed by atoms with Gasteiger partial charge in [0, 0.05) is 38.7 Å². The monoisotopic (exact) mass is 285 g/mol. The van der Waals surface area contributed by atoms with Gasteiger partial charge in [0.2, 0.25) is 0 Å². The first kappa shape index (κ1) is 13.4. The second-order valence-electron chi connectivity index (χ2n) is 4.86.